The number of guanidine groups is 1. The molecule has 0 saturated carbocycles. The highest BCUT2D eigenvalue weighted by molar-refractivity contribution is 5.79. The van der Waals surface area contributed by atoms with Gasteiger partial charge in [-0.1, -0.05) is 6.07 Å². The fourth-order valence-electron chi connectivity index (χ4n) is 1.97. The van der Waals surface area contributed by atoms with Crippen LogP contribution >= 0.6 is 0 Å². The first-order valence-electron chi connectivity index (χ1n) is 7.71. The van der Waals surface area contributed by atoms with Gasteiger partial charge in [0.15, 0.2) is 5.96 Å². The van der Waals surface area contributed by atoms with Gasteiger partial charge >= 0.3 is 0 Å². The van der Waals surface area contributed by atoms with E-state index in [1.807, 2.05) is 19.1 Å². The minimum atomic E-state index is -0.303. The molecule has 1 aromatic heterocycles. The molecule has 0 saturated heterocycles. The van der Waals surface area contributed by atoms with Crippen LogP contribution in [-0.2, 0) is 6.42 Å². The molecule has 5 nitrogen and oxygen atoms in total. The number of hydrogen-bond donors (Lipinski definition) is 2. The average molecular weight is 319 g/mol. The summed E-state index contributed by atoms with van der Waals surface area (Å²) in [4.78, 5) is 4.47. The molecule has 0 atom stereocenters. The van der Waals surface area contributed by atoms with Crippen molar-refractivity contribution in [3.63, 3.8) is 0 Å². The number of furan rings is 1. The van der Waals surface area contributed by atoms with Crippen molar-refractivity contribution in [2.45, 2.75) is 13.3 Å². The summed E-state index contributed by atoms with van der Waals surface area (Å²) in [5.41, 5.74) is 0. The summed E-state index contributed by atoms with van der Waals surface area (Å²) in [6, 6.07) is 9.90. The Kier molecular flexibility index (Phi) is 6.97. The predicted octanol–water partition coefficient (Wildman–Crippen LogP) is 2.60. The van der Waals surface area contributed by atoms with E-state index in [0.29, 0.717) is 25.4 Å². The lowest BCUT2D eigenvalue weighted by Crippen LogP contribution is -2.39. The standard InChI is InChI=1S/C17H22FN3O2/c1-2-19-17(20-9-8-15-7-4-11-22-15)21-10-12-23-16-6-3-5-14(18)13-16/h3-7,11,13H,2,8-10,12H2,1H3,(H2,19,20,21). The minimum absolute atomic E-state index is 0.303. The van der Waals surface area contributed by atoms with Gasteiger partial charge in [-0.05, 0) is 31.2 Å². The SMILES string of the molecule is CCNC(=NCCc1ccco1)NCCOc1cccc(F)c1. The summed E-state index contributed by atoms with van der Waals surface area (Å²) >= 11 is 0. The van der Waals surface area contributed by atoms with E-state index in [2.05, 4.69) is 15.6 Å². The van der Waals surface area contributed by atoms with Gasteiger partial charge in [0.25, 0.3) is 0 Å². The largest absolute Gasteiger partial charge is 0.492 e. The number of nitrogens with one attached hydrogen (secondary N) is 2. The second kappa shape index (κ2) is 9.50. The number of halogens is 1. The zero-order valence-corrected chi connectivity index (χ0v) is 13.2. The van der Waals surface area contributed by atoms with Gasteiger partial charge in [0.05, 0.1) is 12.8 Å². The van der Waals surface area contributed by atoms with Crippen molar-refractivity contribution in [3.05, 3.63) is 54.2 Å². The Bertz CT molecular complexity index is 600. The Balaban J connectivity index is 1.71. The lowest BCUT2D eigenvalue weighted by Gasteiger charge is -2.12. The topological polar surface area (TPSA) is 58.8 Å². The summed E-state index contributed by atoms with van der Waals surface area (Å²) in [5.74, 6) is 1.86. The molecule has 2 N–H and O–H groups in total. The Morgan fingerprint density at radius 2 is 2.17 bits per heavy atom. The molecule has 0 bridgehead atoms. The van der Waals surface area contributed by atoms with E-state index in [1.165, 1.54) is 12.1 Å². The van der Waals surface area contributed by atoms with Crippen molar-refractivity contribution in [3.8, 4) is 5.75 Å². The zero-order valence-electron chi connectivity index (χ0n) is 13.2. The van der Waals surface area contributed by atoms with Gasteiger partial charge in [0, 0.05) is 25.6 Å². The molecule has 23 heavy (non-hydrogen) atoms. The van der Waals surface area contributed by atoms with Crippen LogP contribution < -0.4 is 15.4 Å². The first-order valence-corrected chi connectivity index (χ1v) is 7.71. The zero-order chi connectivity index (χ0) is 16.3. The van der Waals surface area contributed by atoms with E-state index in [9.17, 15) is 4.39 Å². The Morgan fingerprint density at radius 1 is 1.26 bits per heavy atom. The van der Waals surface area contributed by atoms with E-state index >= 15 is 0 Å². The second-order valence-electron chi connectivity index (χ2n) is 4.82. The van der Waals surface area contributed by atoms with Gasteiger partial charge < -0.3 is 19.8 Å². The lowest BCUT2D eigenvalue weighted by molar-refractivity contribution is 0.320. The molecule has 0 spiro atoms. The number of rotatable bonds is 8. The van der Waals surface area contributed by atoms with Gasteiger partial charge in [-0.25, -0.2) is 4.39 Å². The molecule has 0 unspecified atom stereocenters. The van der Waals surface area contributed by atoms with Crippen molar-refractivity contribution in [2.75, 3.05) is 26.2 Å². The number of hydrogen-bond acceptors (Lipinski definition) is 3. The maximum absolute atomic E-state index is 13.0. The van der Waals surface area contributed by atoms with Gasteiger partial charge in [0.1, 0.15) is 23.9 Å². The molecule has 6 heteroatoms. The third kappa shape index (κ3) is 6.42. The molecule has 0 radical (unpaired) electrons. The number of ether oxygens (including phenoxy) is 1. The van der Waals surface area contributed by atoms with Crippen LogP contribution in [0.25, 0.3) is 0 Å². The van der Waals surface area contributed by atoms with Crippen LogP contribution in [0.1, 0.15) is 12.7 Å². The minimum Gasteiger partial charge on any atom is -0.492 e. The van der Waals surface area contributed by atoms with Crippen LogP contribution in [0.3, 0.4) is 0 Å². The maximum atomic E-state index is 13.0. The number of nitrogens with zero attached hydrogens (tertiary/aromatic N) is 1. The molecular weight excluding hydrogens is 297 g/mol. The van der Waals surface area contributed by atoms with Crippen LogP contribution in [0, 0.1) is 5.82 Å². The summed E-state index contributed by atoms with van der Waals surface area (Å²) in [6.45, 7) is 4.41. The highest BCUT2D eigenvalue weighted by atomic mass is 19.1. The number of aliphatic imine (C=N–C) groups is 1. The van der Waals surface area contributed by atoms with Gasteiger partial charge in [-0.2, -0.15) is 0 Å². The molecule has 1 aromatic carbocycles. The molecule has 124 valence electrons. The van der Waals surface area contributed by atoms with Crippen LogP contribution in [-0.4, -0.2) is 32.2 Å². The fraction of sp³-hybridized carbons (Fsp3) is 0.353. The lowest BCUT2D eigenvalue weighted by atomic mass is 10.3. The summed E-state index contributed by atoms with van der Waals surface area (Å²) < 4.78 is 23.8. The van der Waals surface area contributed by atoms with E-state index < -0.39 is 0 Å². The molecule has 0 amide bonds. The Hall–Kier alpha value is -2.50. The van der Waals surface area contributed by atoms with Crippen LogP contribution in [0.5, 0.6) is 5.75 Å². The molecule has 2 rings (SSSR count). The van der Waals surface area contributed by atoms with E-state index in [-0.39, 0.29) is 5.82 Å². The van der Waals surface area contributed by atoms with Crippen molar-refractivity contribution >= 4 is 5.96 Å². The predicted molar refractivity (Wildman–Crippen MR) is 88.3 cm³/mol. The molecule has 0 aliphatic heterocycles. The third-order valence-electron chi connectivity index (χ3n) is 3.01. The van der Waals surface area contributed by atoms with Gasteiger partial charge in [0.2, 0.25) is 0 Å². The van der Waals surface area contributed by atoms with Crippen LogP contribution in [0.4, 0.5) is 4.39 Å². The van der Waals surface area contributed by atoms with E-state index in [4.69, 9.17) is 9.15 Å². The van der Waals surface area contributed by atoms with Crippen LogP contribution in [0.2, 0.25) is 0 Å². The first-order chi connectivity index (χ1) is 11.3. The molecule has 1 heterocycles. The van der Waals surface area contributed by atoms with Crippen molar-refractivity contribution < 1.29 is 13.5 Å². The molecule has 0 fully saturated rings. The van der Waals surface area contributed by atoms with Crippen molar-refractivity contribution in [1.29, 1.82) is 0 Å². The van der Waals surface area contributed by atoms with Crippen molar-refractivity contribution in [1.82, 2.24) is 10.6 Å². The summed E-state index contributed by atoms with van der Waals surface area (Å²) in [6.07, 6.45) is 2.41. The quantitative estimate of drug-likeness (QED) is 0.446. The smallest absolute Gasteiger partial charge is 0.191 e. The number of benzene rings is 1. The molecular formula is C17H22FN3O2. The van der Waals surface area contributed by atoms with Gasteiger partial charge in [-0.15, -0.1) is 0 Å². The third-order valence-corrected chi connectivity index (χ3v) is 3.01. The Morgan fingerprint density at radius 3 is 2.91 bits per heavy atom. The molecule has 0 aliphatic rings. The monoisotopic (exact) mass is 319 g/mol. The van der Waals surface area contributed by atoms with Crippen molar-refractivity contribution in [2.24, 2.45) is 4.99 Å². The maximum Gasteiger partial charge on any atom is 0.191 e. The Labute approximate surface area is 135 Å². The van der Waals surface area contributed by atoms with Crippen LogP contribution in [0.15, 0.2) is 52.1 Å². The highest BCUT2D eigenvalue weighted by Gasteiger charge is 2.00. The first kappa shape index (κ1) is 16.9. The van der Waals surface area contributed by atoms with Gasteiger partial charge in [-0.3, -0.25) is 4.99 Å². The summed E-state index contributed by atoms with van der Waals surface area (Å²) in [7, 11) is 0. The second-order valence-corrected chi connectivity index (χ2v) is 4.82. The fourth-order valence-corrected chi connectivity index (χ4v) is 1.97. The molecule has 0 aliphatic carbocycles. The average Bonchev–Trinajstić information content (AvgIpc) is 3.05. The van der Waals surface area contributed by atoms with E-state index in [1.54, 1.807) is 18.4 Å². The highest BCUT2D eigenvalue weighted by Crippen LogP contribution is 2.11. The summed E-state index contributed by atoms with van der Waals surface area (Å²) in [5, 5.41) is 6.34. The molecule has 2 aromatic rings. The normalized spacial score (nSPS) is 11.3. The van der Waals surface area contributed by atoms with E-state index in [0.717, 1.165) is 24.7 Å².